The van der Waals surface area contributed by atoms with Crippen LogP contribution in [0.4, 0.5) is 0 Å². The van der Waals surface area contributed by atoms with Crippen molar-refractivity contribution >= 4 is 34.8 Å². The van der Waals surface area contributed by atoms with E-state index in [4.69, 9.17) is 34.8 Å². The lowest BCUT2D eigenvalue weighted by Crippen LogP contribution is -1.69. The second-order valence-corrected chi connectivity index (χ2v) is 2.92. The van der Waals surface area contributed by atoms with E-state index in [1.807, 2.05) is 0 Å². The second-order valence-electron chi connectivity index (χ2n) is 1.70. The summed E-state index contributed by atoms with van der Waals surface area (Å²) in [7, 11) is 0. The number of hydrogen-bond donors (Lipinski definition) is 0. The van der Waals surface area contributed by atoms with Crippen molar-refractivity contribution in [3.05, 3.63) is 27.2 Å². The topological polar surface area (TPSA) is 19.9 Å². The molecule has 0 saturated heterocycles. The van der Waals surface area contributed by atoms with Crippen LogP contribution < -0.4 is 0 Å². The Hall–Kier alpha value is -0.110. The molecule has 10 heavy (non-hydrogen) atoms. The molecule has 0 aliphatic carbocycles. The smallest absolute Gasteiger partial charge is 0.198 e. The summed E-state index contributed by atoms with van der Waals surface area (Å²) in [6.07, 6.45) is 0. The Labute approximate surface area is 73.1 Å². The van der Waals surface area contributed by atoms with E-state index in [-0.39, 0.29) is 15.8 Å². The zero-order chi connectivity index (χ0) is 7.72. The maximum Gasteiger partial charge on any atom is 0.198 e. The first-order valence-corrected chi connectivity index (χ1v) is 3.56. The maximum absolute atomic E-state index is 10.7. The fourth-order valence-electron chi connectivity index (χ4n) is 0.504. The van der Waals surface area contributed by atoms with Crippen molar-refractivity contribution in [2.75, 3.05) is 0 Å². The van der Waals surface area contributed by atoms with Gasteiger partial charge in [0.05, 0.1) is 15.1 Å². The second kappa shape index (κ2) is 2.87. The van der Waals surface area contributed by atoms with Gasteiger partial charge in [0, 0.05) is 6.07 Å². The van der Waals surface area contributed by atoms with Crippen LogP contribution in [-0.2, 0) is 5.11 Å². The highest BCUT2D eigenvalue weighted by Gasteiger charge is 2.04. The van der Waals surface area contributed by atoms with Crippen molar-refractivity contribution in [1.29, 1.82) is 0 Å². The van der Waals surface area contributed by atoms with Gasteiger partial charge in [-0.2, -0.15) is 0 Å². The molecule has 0 atom stereocenters. The minimum Gasteiger partial charge on any atom is -0.288 e. The van der Waals surface area contributed by atoms with Gasteiger partial charge in [-0.05, 0) is 6.07 Å². The van der Waals surface area contributed by atoms with Crippen molar-refractivity contribution in [1.82, 2.24) is 0 Å². The Bertz CT molecular complexity index is 209. The van der Waals surface area contributed by atoms with Gasteiger partial charge in [-0.25, -0.2) is 0 Å². The molecule has 0 aliphatic rings. The first kappa shape index (κ1) is 7.99. The van der Waals surface area contributed by atoms with Crippen LogP contribution in [0.5, 0.6) is 5.75 Å². The summed E-state index contributed by atoms with van der Waals surface area (Å²) in [5.41, 5.74) is 0. The van der Waals surface area contributed by atoms with Gasteiger partial charge in [0.15, 0.2) is 5.75 Å². The summed E-state index contributed by atoms with van der Waals surface area (Å²) < 4.78 is 0. The van der Waals surface area contributed by atoms with Gasteiger partial charge in [-0.3, -0.25) is 5.11 Å². The SMILES string of the molecule is [O]c1cc(Cl)c(Cl)cc1Cl. The summed E-state index contributed by atoms with van der Waals surface area (Å²) in [5.74, 6) is -0.309. The van der Waals surface area contributed by atoms with Crippen molar-refractivity contribution in [3.63, 3.8) is 0 Å². The molecule has 1 nitrogen and oxygen atoms in total. The van der Waals surface area contributed by atoms with Gasteiger partial charge in [-0.15, -0.1) is 0 Å². The normalized spacial score (nSPS) is 9.90. The lowest BCUT2D eigenvalue weighted by Gasteiger charge is -1.95. The molecule has 1 rings (SSSR count). The minimum absolute atomic E-state index is 0.0920. The number of benzene rings is 1. The lowest BCUT2D eigenvalue weighted by atomic mass is 10.3. The summed E-state index contributed by atoms with van der Waals surface area (Å²) in [6.45, 7) is 0. The highest BCUT2D eigenvalue weighted by Crippen LogP contribution is 2.32. The van der Waals surface area contributed by atoms with Crippen molar-refractivity contribution < 1.29 is 5.11 Å². The van der Waals surface area contributed by atoms with Gasteiger partial charge in [0.1, 0.15) is 0 Å². The standard InChI is InChI=1S/C6H2Cl3O/c7-3-1-5(9)6(10)2-4(3)8/h1-2H. The molecule has 4 heteroatoms. The van der Waals surface area contributed by atoms with Gasteiger partial charge >= 0.3 is 0 Å². The van der Waals surface area contributed by atoms with Crippen LogP contribution in [-0.4, -0.2) is 0 Å². The molecule has 0 saturated carbocycles. The van der Waals surface area contributed by atoms with Crippen LogP contribution in [0.3, 0.4) is 0 Å². The highest BCUT2D eigenvalue weighted by atomic mass is 35.5. The van der Waals surface area contributed by atoms with Gasteiger partial charge in [0.2, 0.25) is 0 Å². The molecule has 0 N–H and O–H groups in total. The number of rotatable bonds is 0. The number of halogens is 3. The van der Waals surface area contributed by atoms with Crippen LogP contribution in [0, 0.1) is 0 Å². The summed E-state index contributed by atoms with van der Waals surface area (Å²) in [5, 5.41) is 11.3. The van der Waals surface area contributed by atoms with Crippen molar-refractivity contribution in [3.8, 4) is 5.75 Å². The predicted octanol–water partition coefficient (Wildman–Crippen LogP) is 3.79. The van der Waals surface area contributed by atoms with E-state index in [9.17, 15) is 5.11 Å². The summed E-state index contributed by atoms with van der Waals surface area (Å²) >= 11 is 16.5. The zero-order valence-electron chi connectivity index (χ0n) is 4.70. The Kier molecular flexibility index (Phi) is 2.29. The quantitative estimate of drug-likeness (QED) is 0.563. The maximum atomic E-state index is 10.7. The Morgan fingerprint density at radius 2 is 1.40 bits per heavy atom. The van der Waals surface area contributed by atoms with Gasteiger partial charge < -0.3 is 0 Å². The molecule has 0 spiro atoms. The van der Waals surface area contributed by atoms with E-state index in [1.54, 1.807) is 0 Å². The van der Waals surface area contributed by atoms with E-state index in [1.165, 1.54) is 12.1 Å². The predicted molar refractivity (Wildman–Crippen MR) is 41.6 cm³/mol. The molecular formula is C6H2Cl3O. The highest BCUT2D eigenvalue weighted by molar-refractivity contribution is 6.43. The van der Waals surface area contributed by atoms with E-state index in [0.717, 1.165) is 0 Å². The molecule has 0 heterocycles. The number of hydrogen-bond acceptors (Lipinski definition) is 0. The molecule has 1 radical (unpaired) electrons. The largest absolute Gasteiger partial charge is 0.288 e. The molecule has 53 valence electrons. The third kappa shape index (κ3) is 1.48. The van der Waals surface area contributed by atoms with Crippen LogP contribution in [0.25, 0.3) is 0 Å². The fourth-order valence-corrected chi connectivity index (χ4v) is 1.04. The summed E-state index contributed by atoms with van der Waals surface area (Å²) in [6, 6.07) is 2.51. The molecule has 0 fully saturated rings. The van der Waals surface area contributed by atoms with Gasteiger partial charge in [0.25, 0.3) is 0 Å². The van der Waals surface area contributed by atoms with E-state index >= 15 is 0 Å². The fraction of sp³-hybridized carbons (Fsp3) is 0. The van der Waals surface area contributed by atoms with E-state index in [2.05, 4.69) is 0 Å². The monoisotopic (exact) mass is 195 g/mol. The molecular weight excluding hydrogens is 194 g/mol. The third-order valence-electron chi connectivity index (χ3n) is 0.975. The zero-order valence-corrected chi connectivity index (χ0v) is 6.96. The Morgan fingerprint density at radius 1 is 0.900 bits per heavy atom. The first-order chi connectivity index (χ1) is 4.61. The Morgan fingerprint density at radius 3 is 1.90 bits per heavy atom. The Balaban J connectivity index is 3.28. The first-order valence-electron chi connectivity index (χ1n) is 2.43. The molecule has 0 bridgehead atoms. The minimum atomic E-state index is -0.309. The van der Waals surface area contributed by atoms with Crippen LogP contribution in [0.15, 0.2) is 12.1 Å². The van der Waals surface area contributed by atoms with Crippen molar-refractivity contribution in [2.24, 2.45) is 0 Å². The third-order valence-corrected chi connectivity index (χ3v) is 1.99. The van der Waals surface area contributed by atoms with Crippen LogP contribution in [0.1, 0.15) is 0 Å². The van der Waals surface area contributed by atoms with Gasteiger partial charge in [-0.1, -0.05) is 34.8 Å². The lowest BCUT2D eigenvalue weighted by molar-refractivity contribution is 0.355. The van der Waals surface area contributed by atoms with Crippen molar-refractivity contribution in [2.45, 2.75) is 0 Å². The van der Waals surface area contributed by atoms with Crippen LogP contribution >= 0.6 is 34.8 Å². The van der Waals surface area contributed by atoms with E-state index < -0.39 is 0 Å². The average Bonchev–Trinajstić information content (AvgIpc) is 1.84. The average molecular weight is 196 g/mol. The van der Waals surface area contributed by atoms with Crippen LogP contribution in [0.2, 0.25) is 15.1 Å². The summed E-state index contributed by atoms with van der Waals surface area (Å²) in [4.78, 5) is 0. The molecule has 0 unspecified atom stereocenters. The molecule has 0 aromatic heterocycles. The molecule has 0 amide bonds. The van der Waals surface area contributed by atoms with E-state index in [0.29, 0.717) is 5.02 Å². The molecule has 1 aromatic rings. The molecule has 0 aliphatic heterocycles. The molecule has 1 aromatic carbocycles.